The summed E-state index contributed by atoms with van der Waals surface area (Å²) in [5, 5.41) is 3.00. The summed E-state index contributed by atoms with van der Waals surface area (Å²) >= 11 is 6.33. The van der Waals surface area contributed by atoms with Crippen molar-refractivity contribution >= 4 is 33.2 Å². The van der Waals surface area contributed by atoms with Gasteiger partial charge >= 0.3 is 0 Å². The summed E-state index contributed by atoms with van der Waals surface area (Å²) in [6, 6.07) is 17.3. The summed E-state index contributed by atoms with van der Waals surface area (Å²) in [4.78, 5) is 12.8. The van der Waals surface area contributed by atoms with E-state index in [9.17, 15) is 12.8 Å². The molecule has 5 rings (SSSR count). The number of pyridine rings is 1. The highest BCUT2D eigenvalue weighted by atomic mass is 35.5. The van der Waals surface area contributed by atoms with Gasteiger partial charge in [0.05, 0.1) is 28.2 Å². The Hall–Kier alpha value is -3.51. The molecule has 2 aromatic heterocycles. The molecule has 0 bridgehead atoms. The smallest absolute Gasteiger partial charge is 0.286 e. The molecule has 4 aromatic rings. The van der Waals surface area contributed by atoms with Gasteiger partial charge in [-0.15, -0.1) is 15.0 Å². The third-order valence-corrected chi connectivity index (χ3v) is 6.24. The zero-order valence-corrected chi connectivity index (χ0v) is 21.8. The molecule has 0 spiro atoms. The summed E-state index contributed by atoms with van der Waals surface area (Å²) < 4.78 is 43.5. The van der Waals surface area contributed by atoms with Gasteiger partial charge in [0.15, 0.2) is 5.82 Å². The number of nitrogens with zero attached hydrogens (tertiary/aromatic N) is 4. The van der Waals surface area contributed by atoms with Gasteiger partial charge in [0.2, 0.25) is 0 Å². The second-order valence-corrected chi connectivity index (χ2v) is 11.0. The van der Waals surface area contributed by atoms with Crippen molar-refractivity contribution in [3.05, 3.63) is 71.5 Å². The van der Waals surface area contributed by atoms with E-state index in [1.54, 1.807) is 23.2 Å². The molecule has 192 valence electrons. The third kappa shape index (κ3) is 5.16. The van der Waals surface area contributed by atoms with Crippen LogP contribution in [-0.2, 0) is 14.4 Å². The number of aromatic amines is 1. The zero-order valence-electron chi connectivity index (χ0n) is 20.2. The van der Waals surface area contributed by atoms with Gasteiger partial charge in [0.1, 0.15) is 23.0 Å². The van der Waals surface area contributed by atoms with E-state index in [1.807, 2.05) is 44.2 Å². The van der Waals surface area contributed by atoms with Crippen LogP contribution in [0.25, 0.3) is 34.0 Å². The quantitative estimate of drug-likeness (QED) is 0.329. The number of imidazole rings is 1. The predicted molar refractivity (Wildman–Crippen MR) is 141 cm³/mol. The Kier molecular flexibility index (Phi) is 6.63. The molecule has 0 radical (unpaired) electrons. The maximum absolute atomic E-state index is 14.8. The van der Waals surface area contributed by atoms with E-state index in [0.29, 0.717) is 35.1 Å². The summed E-state index contributed by atoms with van der Waals surface area (Å²) in [5.41, 5.74) is 5.93. The van der Waals surface area contributed by atoms with Gasteiger partial charge in [0, 0.05) is 12.1 Å². The lowest BCUT2D eigenvalue weighted by Gasteiger charge is -2.21. The van der Waals surface area contributed by atoms with Crippen LogP contribution in [0.3, 0.4) is 0 Å². The molecule has 9 nitrogen and oxygen atoms in total. The second-order valence-electron chi connectivity index (χ2n) is 8.99. The number of halogens is 2. The van der Waals surface area contributed by atoms with Gasteiger partial charge in [-0.2, -0.15) is 8.42 Å². The highest BCUT2D eigenvalue weighted by Gasteiger charge is 2.32. The van der Waals surface area contributed by atoms with Crippen LogP contribution in [0.5, 0.6) is 0 Å². The molecule has 0 unspecified atom stereocenters. The van der Waals surface area contributed by atoms with Crippen molar-refractivity contribution in [2.75, 3.05) is 23.0 Å². The van der Waals surface area contributed by atoms with Crippen LogP contribution < -0.4 is 15.7 Å². The fourth-order valence-corrected chi connectivity index (χ4v) is 4.68. The van der Waals surface area contributed by atoms with E-state index >= 15 is 0 Å². The third-order valence-electron chi connectivity index (χ3n) is 5.51. The van der Waals surface area contributed by atoms with E-state index in [4.69, 9.17) is 25.9 Å². The molecule has 0 aliphatic carbocycles. The maximum Gasteiger partial charge on any atom is 0.286 e. The van der Waals surface area contributed by atoms with E-state index in [0.717, 1.165) is 17.0 Å². The number of nitrogens with one attached hydrogen (secondary N) is 2. The van der Waals surface area contributed by atoms with Crippen LogP contribution in [0, 0.1) is 11.7 Å². The zero-order chi connectivity index (χ0) is 26.3. The van der Waals surface area contributed by atoms with Gasteiger partial charge in [-0.25, -0.2) is 14.4 Å². The number of H-pyrrole nitrogens is 1. The molecule has 0 atom stereocenters. The molecular formula is C25H24ClFN6O3S. The Bertz CT molecular complexity index is 1540. The van der Waals surface area contributed by atoms with Crippen LogP contribution >= 0.6 is 11.6 Å². The van der Waals surface area contributed by atoms with Crippen molar-refractivity contribution < 1.29 is 17.1 Å². The molecule has 3 heterocycles. The van der Waals surface area contributed by atoms with E-state index < -0.39 is 15.9 Å². The summed E-state index contributed by atoms with van der Waals surface area (Å²) in [6.07, 6.45) is 0.965. The minimum absolute atomic E-state index is 0.157. The summed E-state index contributed by atoms with van der Waals surface area (Å²) in [6.45, 7) is 4.57. The topological polar surface area (TPSA) is 103 Å². The Balaban J connectivity index is 1.66. The minimum Gasteiger partial charge on any atom is -0.337 e. The van der Waals surface area contributed by atoms with Gasteiger partial charge in [-0.05, 0) is 30.2 Å². The van der Waals surface area contributed by atoms with Gasteiger partial charge in [0.25, 0.3) is 10.1 Å². The lowest BCUT2D eigenvalue weighted by atomic mass is 10.1. The number of benzene rings is 2. The van der Waals surface area contributed by atoms with Crippen LogP contribution in [0.4, 0.5) is 15.9 Å². The Morgan fingerprint density at radius 2 is 1.81 bits per heavy atom. The number of anilines is 2. The standard InChI is InChI=1S/C25H24ClFN6O3S/c1-15(2)14-32-25-20(33(31-32)36-37(3,34)35)13-12-19(28-25)23-22(16-8-5-4-6-9-16)29-24(30-23)21-17(26)10-7-11-18(21)27/h4-13,15,31H,14H2,1-3H3,(H,29,30). The predicted octanol–water partition coefficient (Wildman–Crippen LogP) is 5.19. The molecule has 2 N–H and O–H groups in total. The Morgan fingerprint density at radius 3 is 2.49 bits per heavy atom. The van der Waals surface area contributed by atoms with Crippen LogP contribution in [0.2, 0.25) is 5.02 Å². The monoisotopic (exact) mass is 542 g/mol. The van der Waals surface area contributed by atoms with Crippen molar-refractivity contribution in [2.24, 2.45) is 5.92 Å². The average molecular weight is 543 g/mol. The molecule has 2 aromatic carbocycles. The number of hydrogen-bond acceptors (Lipinski definition) is 8. The van der Waals surface area contributed by atoms with Gasteiger partial charge < -0.3 is 4.98 Å². The van der Waals surface area contributed by atoms with Crippen molar-refractivity contribution in [2.45, 2.75) is 13.8 Å². The van der Waals surface area contributed by atoms with Crippen molar-refractivity contribution in [1.82, 2.24) is 20.5 Å². The number of aromatic nitrogens is 3. The number of hydrogen-bond donors (Lipinski definition) is 2. The molecule has 0 saturated heterocycles. The summed E-state index contributed by atoms with van der Waals surface area (Å²) in [7, 11) is -3.80. The first-order valence-electron chi connectivity index (χ1n) is 11.5. The Labute approximate surface area is 218 Å². The molecular weight excluding hydrogens is 519 g/mol. The van der Waals surface area contributed by atoms with E-state index in [2.05, 4.69) is 10.5 Å². The Morgan fingerprint density at radius 1 is 1.05 bits per heavy atom. The molecule has 1 aliphatic heterocycles. The maximum atomic E-state index is 14.8. The van der Waals surface area contributed by atoms with Crippen molar-refractivity contribution in [3.63, 3.8) is 0 Å². The first-order valence-corrected chi connectivity index (χ1v) is 13.6. The van der Waals surface area contributed by atoms with Crippen LogP contribution in [-0.4, -0.2) is 36.2 Å². The largest absolute Gasteiger partial charge is 0.337 e. The molecule has 0 amide bonds. The lowest BCUT2D eigenvalue weighted by Crippen LogP contribution is -2.46. The molecule has 0 saturated carbocycles. The minimum atomic E-state index is -3.80. The number of hydrazine groups is 2. The normalized spacial score (nSPS) is 13.5. The fraction of sp³-hybridized carbons (Fsp3) is 0.200. The first kappa shape index (κ1) is 25.2. The highest BCUT2D eigenvalue weighted by Crippen LogP contribution is 2.39. The average Bonchev–Trinajstić information content (AvgIpc) is 3.40. The highest BCUT2D eigenvalue weighted by molar-refractivity contribution is 7.86. The SMILES string of the molecule is CC(C)CN1NN(OS(C)(=O)=O)c2ccc(-c3nc(-c4c(F)cccc4Cl)[nH]c3-c3ccccc3)nc21. The van der Waals surface area contributed by atoms with E-state index in [1.165, 1.54) is 12.1 Å². The van der Waals surface area contributed by atoms with Crippen molar-refractivity contribution in [3.8, 4) is 34.0 Å². The lowest BCUT2D eigenvalue weighted by molar-refractivity contribution is 0.249. The van der Waals surface area contributed by atoms with E-state index in [-0.39, 0.29) is 22.3 Å². The van der Waals surface area contributed by atoms with Gasteiger partial charge in [-0.1, -0.05) is 61.8 Å². The molecule has 1 aliphatic rings. The number of fused-ring (bicyclic) bond motifs is 1. The fourth-order valence-electron chi connectivity index (χ4n) is 4.04. The van der Waals surface area contributed by atoms with Crippen LogP contribution in [0.15, 0.2) is 60.7 Å². The van der Waals surface area contributed by atoms with Gasteiger partial charge in [-0.3, -0.25) is 5.01 Å². The molecule has 12 heteroatoms. The molecule has 37 heavy (non-hydrogen) atoms. The first-order chi connectivity index (χ1) is 17.6. The summed E-state index contributed by atoms with van der Waals surface area (Å²) in [5.74, 6) is 0.444. The number of rotatable bonds is 7. The van der Waals surface area contributed by atoms with Crippen molar-refractivity contribution in [1.29, 1.82) is 0 Å². The second kappa shape index (κ2) is 9.75. The molecule has 0 fully saturated rings. The van der Waals surface area contributed by atoms with Crippen LogP contribution in [0.1, 0.15) is 13.8 Å².